The molecule has 0 bridgehead atoms. The molecule has 0 unspecified atom stereocenters. The summed E-state index contributed by atoms with van der Waals surface area (Å²) < 4.78 is 27.0. The van der Waals surface area contributed by atoms with Crippen LogP contribution >= 0.6 is 0 Å². The Bertz CT molecular complexity index is 1040. The maximum Gasteiger partial charge on any atom is 0.227 e. The van der Waals surface area contributed by atoms with E-state index in [1.54, 1.807) is 22.9 Å². The van der Waals surface area contributed by atoms with Gasteiger partial charge in [-0.3, -0.25) is 4.90 Å². The van der Waals surface area contributed by atoms with Gasteiger partial charge < -0.3 is 14.6 Å². The van der Waals surface area contributed by atoms with Crippen LogP contribution in [0.4, 0.5) is 4.39 Å². The van der Waals surface area contributed by atoms with E-state index >= 15 is 0 Å². The first kappa shape index (κ1) is 25.6. The standard InChI is InChI=1S/C27H34FN3O3/c1-5-16-33-19-24(32)17-30(20(3)6-2)18-26-21(4)29-31(23-10-8-7-9-11-23)27(26)34-25-14-12-22(28)13-15-25/h5,7-15,20,24,32H,1,6,16-19H2,2-4H3/t20-,24+/m1/s1. The molecule has 3 aromatic rings. The monoisotopic (exact) mass is 467 g/mol. The first-order chi connectivity index (χ1) is 16.4. The van der Waals surface area contributed by atoms with Crippen LogP contribution in [0, 0.1) is 12.7 Å². The molecule has 182 valence electrons. The highest BCUT2D eigenvalue weighted by Crippen LogP contribution is 2.32. The number of ether oxygens (including phenoxy) is 2. The normalized spacial score (nSPS) is 13.1. The van der Waals surface area contributed by atoms with Gasteiger partial charge in [0.05, 0.1) is 36.3 Å². The summed E-state index contributed by atoms with van der Waals surface area (Å²) in [6, 6.07) is 15.9. The molecule has 7 heteroatoms. The fraction of sp³-hybridized carbons (Fsp3) is 0.370. The van der Waals surface area contributed by atoms with E-state index < -0.39 is 6.10 Å². The SMILES string of the molecule is C=CCOC[C@@H](O)CN(Cc1c(C)nn(-c2ccccc2)c1Oc1ccc(F)cc1)[C@H](C)CC. The van der Waals surface area contributed by atoms with Gasteiger partial charge in [-0.15, -0.1) is 6.58 Å². The van der Waals surface area contributed by atoms with Crippen LogP contribution in [0.2, 0.25) is 0 Å². The summed E-state index contributed by atoms with van der Waals surface area (Å²) in [6.07, 6.45) is 1.94. The molecule has 6 nitrogen and oxygen atoms in total. The summed E-state index contributed by atoms with van der Waals surface area (Å²) in [6.45, 7) is 11.5. The minimum Gasteiger partial charge on any atom is -0.439 e. The predicted molar refractivity (Wildman–Crippen MR) is 132 cm³/mol. The summed E-state index contributed by atoms with van der Waals surface area (Å²) in [5.41, 5.74) is 2.60. The summed E-state index contributed by atoms with van der Waals surface area (Å²) in [5, 5.41) is 15.3. The Morgan fingerprint density at radius 2 is 1.88 bits per heavy atom. The number of halogens is 1. The smallest absolute Gasteiger partial charge is 0.227 e. The minimum atomic E-state index is -0.639. The lowest BCUT2D eigenvalue weighted by molar-refractivity contribution is 0.0155. The molecule has 0 aliphatic rings. The van der Waals surface area contributed by atoms with Gasteiger partial charge in [0, 0.05) is 19.1 Å². The minimum absolute atomic E-state index is 0.215. The number of para-hydroxylation sites is 1. The Hall–Kier alpha value is -3.00. The van der Waals surface area contributed by atoms with Gasteiger partial charge in [0.25, 0.3) is 0 Å². The van der Waals surface area contributed by atoms with Crippen LogP contribution in [0.15, 0.2) is 67.3 Å². The van der Waals surface area contributed by atoms with Crippen molar-refractivity contribution in [1.29, 1.82) is 0 Å². The molecule has 0 aliphatic carbocycles. The second kappa shape index (κ2) is 12.5. The maximum absolute atomic E-state index is 13.5. The molecule has 2 aromatic carbocycles. The van der Waals surface area contributed by atoms with Crippen molar-refractivity contribution in [3.63, 3.8) is 0 Å². The Morgan fingerprint density at radius 1 is 1.18 bits per heavy atom. The van der Waals surface area contributed by atoms with Crippen LogP contribution in [-0.4, -0.2) is 51.7 Å². The topological polar surface area (TPSA) is 59.8 Å². The molecule has 2 atom stereocenters. The van der Waals surface area contributed by atoms with E-state index in [1.807, 2.05) is 37.3 Å². The number of aliphatic hydroxyl groups is 1. The zero-order valence-electron chi connectivity index (χ0n) is 20.2. The number of hydrogen-bond acceptors (Lipinski definition) is 5. The Labute approximate surface area is 201 Å². The third-order valence-electron chi connectivity index (χ3n) is 5.73. The fourth-order valence-electron chi connectivity index (χ4n) is 3.66. The number of aliphatic hydroxyl groups excluding tert-OH is 1. The Morgan fingerprint density at radius 3 is 2.53 bits per heavy atom. The average molecular weight is 468 g/mol. The van der Waals surface area contributed by atoms with Gasteiger partial charge in [-0.2, -0.15) is 5.10 Å². The van der Waals surface area contributed by atoms with Crippen LogP contribution in [0.5, 0.6) is 11.6 Å². The molecular formula is C27H34FN3O3. The number of hydrogen-bond donors (Lipinski definition) is 1. The van der Waals surface area contributed by atoms with Crippen LogP contribution in [0.25, 0.3) is 5.69 Å². The van der Waals surface area contributed by atoms with E-state index in [4.69, 9.17) is 14.6 Å². The average Bonchev–Trinajstić information content (AvgIpc) is 3.15. The van der Waals surface area contributed by atoms with Crippen molar-refractivity contribution in [2.24, 2.45) is 0 Å². The van der Waals surface area contributed by atoms with Gasteiger partial charge in [0.15, 0.2) is 0 Å². The number of aryl methyl sites for hydroxylation is 1. The van der Waals surface area contributed by atoms with Gasteiger partial charge in [0.1, 0.15) is 11.6 Å². The second-order valence-electron chi connectivity index (χ2n) is 8.34. The largest absolute Gasteiger partial charge is 0.439 e. The van der Waals surface area contributed by atoms with Crippen LogP contribution in [-0.2, 0) is 11.3 Å². The lowest BCUT2D eigenvalue weighted by Gasteiger charge is -2.30. The highest BCUT2D eigenvalue weighted by molar-refractivity contribution is 5.43. The highest BCUT2D eigenvalue weighted by atomic mass is 19.1. The molecule has 0 radical (unpaired) electrons. The number of aromatic nitrogens is 2. The molecule has 0 saturated heterocycles. The van der Waals surface area contributed by atoms with Gasteiger partial charge in [0.2, 0.25) is 5.88 Å². The molecule has 0 fully saturated rings. The highest BCUT2D eigenvalue weighted by Gasteiger charge is 2.24. The molecular weight excluding hydrogens is 433 g/mol. The summed E-state index contributed by atoms with van der Waals surface area (Å²) in [4.78, 5) is 2.21. The van der Waals surface area contributed by atoms with Crippen molar-refractivity contribution in [3.8, 4) is 17.3 Å². The van der Waals surface area contributed by atoms with E-state index in [-0.39, 0.29) is 18.5 Å². The number of rotatable bonds is 13. The Kier molecular flexibility index (Phi) is 9.39. The van der Waals surface area contributed by atoms with Crippen LogP contribution < -0.4 is 4.74 Å². The van der Waals surface area contributed by atoms with Crippen molar-refractivity contribution < 1.29 is 19.0 Å². The molecule has 0 aliphatic heterocycles. The lowest BCUT2D eigenvalue weighted by Crippen LogP contribution is -2.40. The summed E-state index contributed by atoms with van der Waals surface area (Å²) >= 11 is 0. The van der Waals surface area contributed by atoms with Gasteiger partial charge in [-0.1, -0.05) is 31.2 Å². The first-order valence-electron chi connectivity index (χ1n) is 11.6. The van der Waals surface area contributed by atoms with E-state index in [0.717, 1.165) is 23.4 Å². The molecule has 1 heterocycles. The number of benzene rings is 2. The predicted octanol–water partition coefficient (Wildman–Crippen LogP) is 5.28. The van der Waals surface area contributed by atoms with Gasteiger partial charge in [-0.05, 0) is 56.7 Å². The van der Waals surface area contributed by atoms with E-state index in [9.17, 15) is 9.50 Å². The molecule has 0 saturated carbocycles. The van der Waals surface area contributed by atoms with Crippen LogP contribution in [0.3, 0.4) is 0 Å². The van der Waals surface area contributed by atoms with E-state index in [2.05, 4.69) is 25.3 Å². The molecule has 0 spiro atoms. The fourth-order valence-corrected chi connectivity index (χ4v) is 3.66. The number of nitrogens with zero attached hydrogens (tertiary/aromatic N) is 3. The molecule has 1 N–H and O–H groups in total. The van der Waals surface area contributed by atoms with Crippen LogP contribution in [0.1, 0.15) is 31.5 Å². The molecule has 1 aromatic heterocycles. The third-order valence-corrected chi connectivity index (χ3v) is 5.73. The zero-order chi connectivity index (χ0) is 24.5. The molecule has 3 rings (SSSR count). The van der Waals surface area contributed by atoms with Gasteiger partial charge >= 0.3 is 0 Å². The zero-order valence-corrected chi connectivity index (χ0v) is 20.2. The van der Waals surface area contributed by atoms with Crippen molar-refractivity contribution in [1.82, 2.24) is 14.7 Å². The molecule has 0 amide bonds. The third kappa shape index (κ3) is 6.76. The van der Waals surface area contributed by atoms with E-state index in [0.29, 0.717) is 31.3 Å². The van der Waals surface area contributed by atoms with Crippen molar-refractivity contribution >= 4 is 0 Å². The van der Waals surface area contributed by atoms with Gasteiger partial charge in [-0.25, -0.2) is 9.07 Å². The van der Waals surface area contributed by atoms with Crippen molar-refractivity contribution in [2.45, 2.75) is 45.9 Å². The summed E-state index contributed by atoms with van der Waals surface area (Å²) in [5.74, 6) is 0.768. The second-order valence-corrected chi connectivity index (χ2v) is 8.34. The van der Waals surface area contributed by atoms with E-state index in [1.165, 1.54) is 12.1 Å². The maximum atomic E-state index is 13.5. The first-order valence-corrected chi connectivity index (χ1v) is 11.6. The van der Waals surface area contributed by atoms with Crippen molar-refractivity contribution in [3.05, 3.63) is 84.3 Å². The quantitative estimate of drug-likeness (QED) is 0.274. The van der Waals surface area contributed by atoms with Crippen molar-refractivity contribution in [2.75, 3.05) is 19.8 Å². The lowest BCUT2D eigenvalue weighted by atomic mass is 10.1. The summed E-state index contributed by atoms with van der Waals surface area (Å²) in [7, 11) is 0. The Balaban J connectivity index is 1.94. The molecule has 34 heavy (non-hydrogen) atoms.